The zero-order chi connectivity index (χ0) is 17.5. The summed E-state index contributed by atoms with van der Waals surface area (Å²) >= 11 is 0. The number of unbranched alkanes of at least 4 members (excludes halogenated alkanes) is 8. The molecule has 0 aromatic carbocycles. The second-order valence-corrected chi connectivity index (χ2v) is 6.65. The second-order valence-electron chi connectivity index (χ2n) is 6.65. The van der Waals surface area contributed by atoms with Crippen molar-refractivity contribution in [3.05, 3.63) is 0 Å². The van der Waals surface area contributed by atoms with Gasteiger partial charge in [-0.1, -0.05) is 78.1 Å². The van der Waals surface area contributed by atoms with Gasteiger partial charge >= 0.3 is 29.6 Å². The van der Waals surface area contributed by atoms with E-state index in [9.17, 15) is 14.7 Å². The fraction of sp³-hybridized carbons (Fsp3) is 0.895. The smallest absolute Gasteiger partial charge is 0.548 e. The summed E-state index contributed by atoms with van der Waals surface area (Å²) in [6.45, 7) is 5.84. The van der Waals surface area contributed by atoms with Crippen LogP contribution in [0.25, 0.3) is 0 Å². The van der Waals surface area contributed by atoms with Gasteiger partial charge in [-0.25, -0.2) is 0 Å². The van der Waals surface area contributed by atoms with Gasteiger partial charge < -0.3 is 15.2 Å². The summed E-state index contributed by atoms with van der Waals surface area (Å²) < 4.78 is 0. The minimum Gasteiger partial charge on any atom is -0.548 e. The number of rotatable bonds is 15. The Balaban J connectivity index is 0. The Morgan fingerprint density at radius 1 is 0.833 bits per heavy atom. The number of carbonyl (C=O) groups excluding carboxylic acids is 2. The van der Waals surface area contributed by atoms with Gasteiger partial charge in [-0.05, 0) is 19.8 Å². The SMILES string of the molecule is CCCCCCCCC(CCCCCC)C(=O)NC(C)C(=O)[O-].[Na+]. The molecule has 0 saturated heterocycles. The van der Waals surface area contributed by atoms with E-state index in [0.29, 0.717) is 0 Å². The van der Waals surface area contributed by atoms with Crippen LogP contribution in [0.3, 0.4) is 0 Å². The molecule has 0 aromatic rings. The molecule has 2 unspecified atom stereocenters. The van der Waals surface area contributed by atoms with Crippen molar-refractivity contribution in [2.75, 3.05) is 0 Å². The predicted octanol–water partition coefficient (Wildman–Crippen LogP) is 0.582. The third-order valence-corrected chi connectivity index (χ3v) is 4.40. The van der Waals surface area contributed by atoms with Crippen molar-refractivity contribution >= 4 is 11.9 Å². The average molecular weight is 349 g/mol. The van der Waals surface area contributed by atoms with E-state index in [-0.39, 0.29) is 41.4 Å². The van der Waals surface area contributed by atoms with Gasteiger partial charge in [-0.15, -0.1) is 0 Å². The zero-order valence-electron chi connectivity index (χ0n) is 16.4. The minimum absolute atomic E-state index is 0. The van der Waals surface area contributed by atoms with Crippen LogP contribution in [0.15, 0.2) is 0 Å². The molecule has 0 saturated carbocycles. The quantitative estimate of drug-likeness (QED) is 0.347. The molecule has 4 nitrogen and oxygen atoms in total. The fourth-order valence-corrected chi connectivity index (χ4v) is 2.79. The molecule has 0 heterocycles. The van der Waals surface area contributed by atoms with Gasteiger partial charge in [-0.2, -0.15) is 0 Å². The first-order valence-corrected chi connectivity index (χ1v) is 9.54. The molecule has 0 fully saturated rings. The number of carboxylic acid groups (broad SMARTS) is 1. The zero-order valence-corrected chi connectivity index (χ0v) is 18.4. The first-order chi connectivity index (χ1) is 11.0. The number of hydrogen-bond donors (Lipinski definition) is 1. The maximum Gasteiger partial charge on any atom is 1.00 e. The summed E-state index contributed by atoms with van der Waals surface area (Å²) in [7, 11) is 0. The van der Waals surface area contributed by atoms with Crippen molar-refractivity contribution in [1.82, 2.24) is 5.32 Å². The van der Waals surface area contributed by atoms with Crippen LogP contribution in [0.2, 0.25) is 0 Å². The average Bonchev–Trinajstić information content (AvgIpc) is 2.52. The normalized spacial score (nSPS) is 13.0. The van der Waals surface area contributed by atoms with E-state index < -0.39 is 12.0 Å². The largest absolute Gasteiger partial charge is 1.00 e. The molecule has 0 rings (SSSR count). The minimum atomic E-state index is -1.22. The van der Waals surface area contributed by atoms with E-state index in [1.807, 2.05) is 0 Å². The summed E-state index contributed by atoms with van der Waals surface area (Å²) in [5.74, 6) is -1.39. The van der Waals surface area contributed by atoms with Crippen molar-refractivity contribution in [2.45, 2.75) is 104 Å². The number of aliphatic carboxylic acids is 1. The third-order valence-electron chi connectivity index (χ3n) is 4.40. The van der Waals surface area contributed by atoms with Crippen LogP contribution in [0.1, 0.15) is 97.8 Å². The summed E-state index contributed by atoms with van der Waals surface area (Å²) in [5.41, 5.74) is 0. The van der Waals surface area contributed by atoms with E-state index in [1.54, 1.807) is 0 Å². The molecular weight excluding hydrogens is 313 g/mol. The maximum atomic E-state index is 12.3. The summed E-state index contributed by atoms with van der Waals surface area (Å²) in [6, 6.07) is -0.912. The number of amides is 1. The van der Waals surface area contributed by atoms with Crippen LogP contribution in [-0.2, 0) is 9.59 Å². The molecule has 0 aromatic heterocycles. The Morgan fingerprint density at radius 2 is 1.25 bits per heavy atom. The first-order valence-electron chi connectivity index (χ1n) is 9.54. The van der Waals surface area contributed by atoms with Crippen molar-refractivity contribution in [3.8, 4) is 0 Å². The molecule has 0 spiro atoms. The molecular formula is C19H36NNaO3. The van der Waals surface area contributed by atoms with Gasteiger partial charge in [0.15, 0.2) is 0 Å². The molecule has 5 heteroatoms. The van der Waals surface area contributed by atoms with E-state index in [2.05, 4.69) is 19.2 Å². The van der Waals surface area contributed by atoms with E-state index in [4.69, 9.17) is 0 Å². The van der Waals surface area contributed by atoms with Crippen molar-refractivity contribution in [2.24, 2.45) is 5.92 Å². The van der Waals surface area contributed by atoms with Gasteiger partial charge in [0.05, 0.1) is 12.0 Å². The van der Waals surface area contributed by atoms with Crippen LogP contribution in [0.4, 0.5) is 0 Å². The van der Waals surface area contributed by atoms with Crippen molar-refractivity contribution in [1.29, 1.82) is 0 Å². The van der Waals surface area contributed by atoms with Gasteiger partial charge in [0.2, 0.25) is 5.91 Å². The Labute approximate surface area is 170 Å². The van der Waals surface area contributed by atoms with Crippen LogP contribution in [-0.4, -0.2) is 17.9 Å². The molecule has 1 N–H and O–H groups in total. The van der Waals surface area contributed by atoms with E-state index >= 15 is 0 Å². The van der Waals surface area contributed by atoms with Crippen LogP contribution in [0.5, 0.6) is 0 Å². The predicted molar refractivity (Wildman–Crippen MR) is 92.9 cm³/mol. The molecule has 0 bridgehead atoms. The Morgan fingerprint density at radius 3 is 1.71 bits per heavy atom. The molecule has 0 aliphatic carbocycles. The molecule has 0 aliphatic rings. The number of nitrogens with one attached hydrogen (secondary N) is 1. The topological polar surface area (TPSA) is 69.2 Å². The fourth-order valence-electron chi connectivity index (χ4n) is 2.79. The van der Waals surface area contributed by atoms with Gasteiger partial charge in [-0.3, -0.25) is 4.79 Å². The van der Waals surface area contributed by atoms with Gasteiger partial charge in [0.1, 0.15) is 0 Å². The van der Waals surface area contributed by atoms with Gasteiger partial charge in [0, 0.05) is 5.92 Å². The van der Waals surface area contributed by atoms with E-state index in [0.717, 1.165) is 38.5 Å². The molecule has 24 heavy (non-hydrogen) atoms. The van der Waals surface area contributed by atoms with Crippen LogP contribution in [0, 0.1) is 5.92 Å². The molecule has 1 amide bonds. The molecule has 2 atom stereocenters. The first kappa shape index (κ1) is 26.2. The Hall–Kier alpha value is -0.0600. The summed E-state index contributed by atoms with van der Waals surface area (Å²) in [6.07, 6.45) is 13.5. The number of carboxylic acids is 1. The van der Waals surface area contributed by atoms with Crippen molar-refractivity contribution < 1.29 is 44.3 Å². The van der Waals surface area contributed by atoms with Crippen LogP contribution >= 0.6 is 0 Å². The number of hydrogen-bond acceptors (Lipinski definition) is 3. The third kappa shape index (κ3) is 14.3. The Bertz CT molecular complexity index is 324. The van der Waals surface area contributed by atoms with E-state index in [1.165, 1.54) is 45.4 Å². The van der Waals surface area contributed by atoms with Gasteiger partial charge in [0.25, 0.3) is 0 Å². The van der Waals surface area contributed by atoms with Crippen LogP contribution < -0.4 is 40.0 Å². The summed E-state index contributed by atoms with van der Waals surface area (Å²) in [5, 5.41) is 13.4. The maximum absolute atomic E-state index is 12.3. The molecule has 136 valence electrons. The molecule has 0 aliphatic heterocycles. The summed E-state index contributed by atoms with van der Waals surface area (Å²) in [4.78, 5) is 23.1. The second kappa shape index (κ2) is 17.8. The number of carbonyl (C=O) groups is 2. The van der Waals surface area contributed by atoms with Crippen molar-refractivity contribution in [3.63, 3.8) is 0 Å². The monoisotopic (exact) mass is 349 g/mol. The Kier molecular flexibility index (Phi) is 19.4. The molecule has 0 radical (unpaired) electrons. The standard InChI is InChI=1S/C19H37NO3.Na/c1-4-6-8-10-11-13-15-17(14-12-9-7-5-2)18(21)20-16(3)19(22)23;/h16-17H,4-15H2,1-3H3,(H,20,21)(H,22,23);/q;+1/p-1.